The molecule has 0 heterocycles. The average Bonchev–Trinajstić information content (AvgIpc) is 2.41. The lowest BCUT2D eigenvalue weighted by molar-refractivity contribution is -0.144. The number of aliphatic carboxylic acids is 1. The fourth-order valence-corrected chi connectivity index (χ4v) is 3.70. The molecule has 1 aromatic rings. The maximum absolute atomic E-state index is 11.5. The molecule has 1 aliphatic rings. The summed E-state index contributed by atoms with van der Waals surface area (Å²) >= 11 is 12.4. The topological polar surface area (TPSA) is 37.3 Å². The van der Waals surface area contributed by atoms with Crippen molar-refractivity contribution in [3.8, 4) is 0 Å². The van der Waals surface area contributed by atoms with Crippen LogP contribution < -0.4 is 0 Å². The number of hydrogen-bond donors (Lipinski definition) is 1. The minimum atomic E-state index is -0.728. The highest BCUT2D eigenvalue weighted by Crippen LogP contribution is 2.46. The van der Waals surface area contributed by atoms with E-state index in [-0.39, 0.29) is 11.8 Å². The minimum Gasteiger partial charge on any atom is -0.481 e. The van der Waals surface area contributed by atoms with Crippen molar-refractivity contribution in [1.29, 1.82) is 0 Å². The van der Waals surface area contributed by atoms with Crippen molar-refractivity contribution in [2.45, 2.75) is 39.0 Å². The zero-order valence-electron chi connectivity index (χ0n) is 11.8. The molecule has 0 aromatic heterocycles. The third-order valence-electron chi connectivity index (χ3n) is 4.53. The van der Waals surface area contributed by atoms with Crippen LogP contribution in [-0.2, 0) is 4.79 Å². The molecule has 0 amide bonds. The maximum Gasteiger partial charge on any atom is 0.307 e. The highest BCUT2D eigenvalue weighted by atomic mass is 35.5. The first-order valence-corrected chi connectivity index (χ1v) is 7.84. The highest BCUT2D eigenvalue weighted by Gasteiger charge is 2.37. The molecule has 3 atom stereocenters. The molecule has 4 heteroatoms. The van der Waals surface area contributed by atoms with Crippen molar-refractivity contribution in [3.63, 3.8) is 0 Å². The van der Waals surface area contributed by atoms with E-state index in [1.165, 1.54) is 0 Å². The summed E-state index contributed by atoms with van der Waals surface area (Å²) in [6.45, 7) is 4.39. The zero-order chi connectivity index (χ0) is 14.9. The summed E-state index contributed by atoms with van der Waals surface area (Å²) in [7, 11) is 0. The van der Waals surface area contributed by atoms with Gasteiger partial charge < -0.3 is 5.11 Å². The van der Waals surface area contributed by atoms with Gasteiger partial charge in [0, 0.05) is 0 Å². The lowest BCUT2D eigenvalue weighted by Crippen LogP contribution is -2.31. The van der Waals surface area contributed by atoms with Gasteiger partial charge in [0.15, 0.2) is 0 Å². The summed E-state index contributed by atoms with van der Waals surface area (Å²) in [5.74, 6) is -0.0232. The van der Waals surface area contributed by atoms with Gasteiger partial charge in [-0.05, 0) is 48.6 Å². The van der Waals surface area contributed by atoms with Crippen molar-refractivity contribution >= 4 is 29.2 Å². The number of rotatable bonds is 3. The molecule has 2 nitrogen and oxygen atoms in total. The predicted molar refractivity (Wildman–Crippen MR) is 82.5 cm³/mol. The van der Waals surface area contributed by atoms with Crippen molar-refractivity contribution in [2.24, 2.45) is 17.8 Å². The Labute approximate surface area is 130 Å². The van der Waals surface area contributed by atoms with E-state index >= 15 is 0 Å². The number of halogens is 2. The molecule has 0 bridgehead atoms. The second-order valence-corrected chi connectivity index (χ2v) is 6.80. The van der Waals surface area contributed by atoms with Crippen molar-refractivity contribution in [1.82, 2.24) is 0 Å². The zero-order valence-corrected chi connectivity index (χ0v) is 13.3. The Morgan fingerprint density at radius 2 is 2.00 bits per heavy atom. The Bertz CT molecular complexity index is 499. The minimum absolute atomic E-state index is 0.0418. The van der Waals surface area contributed by atoms with Gasteiger partial charge in [-0.2, -0.15) is 0 Å². The van der Waals surface area contributed by atoms with Gasteiger partial charge in [0.1, 0.15) is 0 Å². The van der Waals surface area contributed by atoms with E-state index in [2.05, 4.69) is 13.8 Å². The number of carbonyl (C=O) groups is 1. The largest absolute Gasteiger partial charge is 0.481 e. The molecule has 0 saturated heterocycles. The van der Waals surface area contributed by atoms with Crippen LogP contribution in [0.5, 0.6) is 0 Å². The van der Waals surface area contributed by atoms with Crippen LogP contribution in [0.15, 0.2) is 18.2 Å². The van der Waals surface area contributed by atoms with Crippen LogP contribution in [0.25, 0.3) is 0 Å². The van der Waals surface area contributed by atoms with E-state index in [9.17, 15) is 9.90 Å². The number of hydrogen-bond acceptors (Lipinski definition) is 1. The van der Waals surface area contributed by atoms with Gasteiger partial charge in [-0.1, -0.05) is 49.2 Å². The monoisotopic (exact) mass is 314 g/mol. The van der Waals surface area contributed by atoms with Crippen molar-refractivity contribution in [2.75, 3.05) is 0 Å². The molecule has 3 unspecified atom stereocenters. The first-order valence-electron chi connectivity index (χ1n) is 7.08. The van der Waals surface area contributed by atoms with Gasteiger partial charge in [-0.15, -0.1) is 0 Å². The molecular formula is C16H20Cl2O2. The SMILES string of the molecule is CC(C)C1CCC(C(=O)O)C(c2cccc(Cl)c2Cl)C1. The molecule has 0 radical (unpaired) electrons. The third kappa shape index (κ3) is 3.12. The van der Waals surface area contributed by atoms with Crippen LogP contribution in [0.3, 0.4) is 0 Å². The molecule has 0 spiro atoms. The van der Waals surface area contributed by atoms with E-state index in [0.29, 0.717) is 28.3 Å². The van der Waals surface area contributed by atoms with Gasteiger partial charge in [0.25, 0.3) is 0 Å². The lowest BCUT2D eigenvalue weighted by atomic mass is 9.68. The summed E-state index contributed by atoms with van der Waals surface area (Å²) in [5, 5.41) is 10.5. The van der Waals surface area contributed by atoms with E-state index < -0.39 is 5.97 Å². The normalized spacial score (nSPS) is 26.8. The Balaban J connectivity index is 2.36. The Kier molecular flexibility index (Phi) is 4.98. The van der Waals surface area contributed by atoms with Crippen LogP contribution in [0.2, 0.25) is 10.0 Å². The molecule has 110 valence electrons. The average molecular weight is 315 g/mol. The summed E-state index contributed by atoms with van der Waals surface area (Å²) in [5.41, 5.74) is 0.886. The smallest absolute Gasteiger partial charge is 0.307 e. The number of benzene rings is 1. The van der Waals surface area contributed by atoms with Gasteiger partial charge in [-0.3, -0.25) is 4.79 Å². The number of carboxylic acids is 1. The first kappa shape index (κ1) is 15.7. The maximum atomic E-state index is 11.5. The molecule has 2 rings (SSSR count). The molecule has 1 fully saturated rings. The fraction of sp³-hybridized carbons (Fsp3) is 0.562. The fourth-order valence-electron chi connectivity index (χ4n) is 3.25. The lowest BCUT2D eigenvalue weighted by Gasteiger charge is -2.36. The van der Waals surface area contributed by atoms with E-state index in [1.807, 2.05) is 12.1 Å². The molecule has 20 heavy (non-hydrogen) atoms. The van der Waals surface area contributed by atoms with E-state index in [0.717, 1.165) is 18.4 Å². The Morgan fingerprint density at radius 3 is 2.60 bits per heavy atom. The van der Waals surface area contributed by atoms with Gasteiger partial charge in [0.05, 0.1) is 16.0 Å². The molecule has 1 saturated carbocycles. The summed E-state index contributed by atoms with van der Waals surface area (Å²) in [6.07, 6.45) is 2.56. The Morgan fingerprint density at radius 1 is 1.30 bits per heavy atom. The van der Waals surface area contributed by atoms with Crippen LogP contribution in [-0.4, -0.2) is 11.1 Å². The summed E-state index contributed by atoms with van der Waals surface area (Å²) in [6, 6.07) is 5.50. The van der Waals surface area contributed by atoms with Crippen molar-refractivity contribution < 1.29 is 9.90 Å². The van der Waals surface area contributed by atoms with Crippen LogP contribution in [0, 0.1) is 17.8 Å². The predicted octanol–water partition coefficient (Wildman–Crippen LogP) is 5.23. The van der Waals surface area contributed by atoms with Crippen LogP contribution >= 0.6 is 23.2 Å². The van der Waals surface area contributed by atoms with E-state index in [4.69, 9.17) is 23.2 Å². The van der Waals surface area contributed by atoms with Crippen molar-refractivity contribution in [3.05, 3.63) is 33.8 Å². The first-order chi connectivity index (χ1) is 9.41. The molecule has 0 aliphatic heterocycles. The second-order valence-electron chi connectivity index (χ2n) is 6.01. The van der Waals surface area contributed by atoms with Gasteiger partial charge in [-0.25, -0.2) is 0 Å². The van der Waals surface area contributed by atoms with Crippen LogP contribution in [0.4, 0.5) is 0 Å². The van der Waals surface area contributed by atoms with Gasteiger partial charge in [0.2, 0.25) is 0 Å². The molecular weight excluding hydrogens is 295 g/mol. The number of carboxylic acid groups (broad SMARTS) is 1. The molecule has 1 N–H and O–H groups in total. The summed E-state index contributed by atoms with van der Waals surface area (Å²) in [4.78, 5) is 11.5. The second kappa shape index (κ2) is 6.36. The summed E-state index contributed by atoms with van der Waals surface area (Å²) < 4.78 is 0. The van der Waals surface area contributed by atoms with Gasteiger partial charge >= 0.3 is 5.97 Å². The third-order valence-corrected chi connectivity index (χ3v) is 5.37. The highest BCUT2D eigenvalue weighted by molar-refractivity contribution is 6.42. The molecule has 1 aliphatic carbocycles. The standard InChI is InChI=1S/C16H20Cl2O2/c1-9(2)10-6-7-12(16(19)20)13(8-10)11-4-3-5-14(17)15(11)18/h3-5,9-10,12-13H,6-8H2,1-2H3,(H,19,20). The quantitative estimate of drug-likeness (QED) is 0.829. The van der Waals surface area contributed by atoms with E-state index in [1.54, 1.807) is 6.07 Å². The van der Waals surface area contributed by atoms with Crippen LogP contribution in [0.1, 0.15) is 44.6 Å². The molecule has 1 aromatic carbocycles. The Hall–Kier alpha value is -0.730.